The number of nitrogens with zero attached hydrogens (tertiary/aromatic N) is 3. The Labute approximate surface area is 182 Å². The zero-order chi connectivity index (χ0) is 22.1. The molecule has 2 aliphatic rings. The van der Waals surface area contributed by atoms with E-state index in [1.807, 2.05) is 0 Å². The predicted molar refractivity (Wildman–Crippen MR) is 110 cm³/mol. The summed E-state index contributed by atoms with van der Waals surface area (Å²) in [6.07, 6.45) is 1.98. The summed E-state index contributed by atoms with van der Waals surface area (Å²) < 4.78 is 22.1. The number of fused-ring (bicyclic) bond motifs is 2. The SMILES string of the molecule is Nn1c(=O)cnn(-c2cc(Cl)c(Oc3ccc4c(c3F)C3(CC3)C(=O)N4)c(Cl)c2)c1=O. The van der Waals surface area contributed by atoms with E-state index in [2.05, 4.69) is 10.4 Å². The zero-order valence-electron chi connectivity index (χ0n) is 15.5. The van der Waals surface area contributed by atoms with Gasteiger partial charge < -0.3 is 15.9 Å². The van der Waals surface area contributed by atoms with Crippen LogP contribution in [0.4, 0.5) is 10.1 Å². The number of nitrogens with one attached hydrogen (secondary N) is 1. The molecule has 2 heterocycles. The van der Waals surface area contributed by atoms with Gasteiger partial charge in [-0.1, -0.05) is 23.2 Å². The van der Waals surface area contributed by atoms with Crippen LogP contribution in [0.5, 0.6) is 11.5 Å². The van der Waals surface area contributed by atoms with Gasteiger partial charge in [0.2, 0.25) is 5.91 Å². The molecule has 158 valence electrons. The van der Waals surface area contributed by atoms with Crippen molar-refractivity contribution in [2.24, 2.45) is 0 Å². The monoisotopic (exact) mass is 463 g/mol. The predicted octanol–water partition coefficient (Wildman–Crippen LogP) is 2.33. The van der Waals surface area contributed by atoms with E-state index in [0.29, 0.717) is 23.2 Å². The molecule has 0 unspecified atom stereocenters. The Bertz CT molecular complexity index is 1390. The first kappa shape index (κ1) is 19.6. The van der Waals surface area contributed by atoms with Gasteiger partial charge in [-0.15, -0.1) is 0 Å². The van der Waals surface area contributed by atoms with E-state index in [-0.39, 0.29) is 38.7 Å². The van der Waals surface area contributed by atoms with Crippen molar-refractivity contribution in [1.29, 1.82) is 0 Å². The first-order valence-corrected chi connectivity index (χ1v) is 9.77. The molecule has 1 aromatic heterocycles. The van der Waals surface area contributed by atoms with Crippen molar-refractivity contribution in [3.8, 4) is 17.2 Å². The van der Waals surface area contributed by atoms with E-state index >= 15 is 4.39 Å². The summed E-state index contributed by atoms with van der Waals surface area (Å²) in [4.78, 5) is 35.8. The number of hydrogen-bond acceptors (Lipinski definition) is 6. The van der Waals surface area contributed by atoms with Gasteiger partial charge >= 0.3 is 5.69 Å². The molecule has 5 rings (SSSR count). The molecule has 1 amide bonds. The maximum absolute atomic E-state index is 15.2. The molecule has 0 atom stereocenters. The third-order valence-corrected chi connectivity index (χ3v) is 5.93. The van der Waals surface area contributed by atoms with Crippen LogP contribution in [0.15, 0.2) is 40.1 Å². The molecule has 1 fully saturated rings. The molecule has 3 N–H and O–H groups in total. The topological polar surface area (TPSA) is 121 Å². The second-order valence-corrected chi connectivity index (χ2v) is 8.04. The fourth-order valence-corrected chi connectivity index (χ4v) is 4.19. The first-order valence-electron chi connectivity index (χ1n) is 9.01. The second-order valence-electron chi connectivity index (χ2n) is 7.22. The number of nitrogen functional groups attached to an aromatic ring is 1. The minimum atomic E-state index is -0.912. The summed E-state index contributed by atoms with van der Waals surface area (Å²) in [5.41, 5.74) is -1.72. The zero-order valence-corrected chi connectivity index (χ0v) is 17.0. The van der Waals surface area contributed by atoms with Crippen molar-refractivity contribution in [2.45, 2.75) is 18.3 Å². The molecule has 0 saturated heterocycles. The van der Waals surface area contributed by atoms with Crippen molar-refractivity contribution in [2.75, 3.05) is 11.2 Å². The Morgan fingerprint density at radius 2 is 1.84 bits per heavy atom. The van der Waals surface area contributed by atoms with Gasteiger partial charge in [0.25, 0.3) is 5.56 Å². The summed E-state index contributed by atoms with van der Waals surface area (Å²) in [5, 5.41) is 6.32. The number of amides is 1. The van der Waals surface area contributed by atoms with Crippen molar-refractivity contribution in [1.82, 2.24) is 14.5 Å². The lowest BCUT2D eigenvalue weighted by Gasteiger charge is -2.15. The number of nitrogens with two attached hydrogens (primary N) is 1. The van der Waals surface area contributed by atoms with Gasteiger partial charge in [0.1, 0.15) is 6.20 Å². The van der Waals surface area contributed by atoms with Gasteiger partial charge in [-0.05, 0) is 37.1 Å². The average molecular weight is 464 g/mol. The maximum atomic E-state index is 15.2. The highest BCUT2D eigenvalue weighted by Crippen LogP contribution is 2.57. The van der Waals surface area contributed by atoms with E-state index < -0.39 is 22.5 Å². The number of rotatable bonds is 3. The minimum Gasteiger partial charge on any atom is -0.451 e. The number of ether oxygens (including phenoxy) is 1. The molecule has 9 nitrogen and oxygen atoms in total. The molecular weight excluding hydrogens is 452 g/mol. The summed E-state index contributed by atoms with van der Waals surface area (Å²) in [6, 6.07) is 5.54. The van der Waals surface area contributed by atoms with Crippen LogP contribution in [0, 0.1) is 5.82 Å². The van der Waals surface area contributed by atoms with E-state index in [0.717, 1.165) is 10.9 Å². The van der Waals surface area contributed by atoms with Crippen LogP contribution in [0.25, 0.3) is 5.69 Å². The Morgan fingerprint density at radius 3 is 2.48 bits per heavy atom. The molecule has 1 aliphatic carbocycles. The van der Waals surface area contributed by atoms with Crippen LogP contribution in [0.3, 0.4) is 0 Å². The van der Waals surface area contributed by atoms with Crippen LogP contribution < -0.4 is 27.1 Å². The summed E-state index contributed by atoms with van der Waals surface area (Å²) >= 11 is 12.6. The van der Waals surface area contributed by atoms with E-state index in [4.69, 9.17) is 33.8 Å². The van der Waals surface area contributed by atoms with Crippen LogP contribution in [0.2, 0.25) is 10.0 Å². The van der Waals surface area contributed by atoms with Crippen molar-refractivity contribution in [3.63, 3.8) is 0 Å². The number of carbonyl (C=O) groups excluding carboxylic acids is 1. The van der Waals surface area contributed by atoms with Gasteiger partial charge in [0.15, 0.2) is 17.3 Å². The van der Waals surface area contributed by atoms with Crippen LogP contribution in [-0.2, 0) is 10.2 Å². The number of anilines is 1. The number of hydrogen-bond donors (Lipinski definition) is 2. The summed E-state index contributed by atoms with van der Waals surface area (Å²) in [5.74, 6) is 4.30. The van der Waals surface area contributed by atoms with E-state index in [1.54, 1.807) is 6.07 Å². The van der Waals surface area contributed by atoms with Gasteiger partial charge in [-0.25, -0.2) is 9.18 Å². The van der Waals surface area contributed by atoms with Gasteiger partial charge in [0.05, 0.1) is 21.1 Å². The van der Waals surface area contributed by atoms with E-state index in [1.165, 1.54) is 18.2 Å². The number of halogens is 3. The minimum absolute atomic E-state index is 0.0405. The third-order valence-electron chi connectivity index (χ3n) is 5.37. The Balaban J connectivity index is 1.55. The highest BCUT2D eigenvalue weighted by atomic mass is 35.5. The maximum Gasteiger partial charge on any atom is 0.370 e. The summed E-state index contributed by atoms with van der Waals surface area (Å²) in [6.45, 7) is 0. The summed E-state index contributed by atoms with van der Waals surface area (Å²) in [7, 11) is 0. The van der Waals surface area contributed by atoms with Crippen molar-refractivity contribution in [3.05, 3.63) is 72.7 Å². The Morgan fingerprint density at radius 1 is 1.16 bits per heavy atom. The molecule has 2 aromatic carbocycles. The molecule has 3 aromatic rings. The molecule has 0 bridgehead atoms. The number of carbonyl (C=O) groups is 1. The molecule has 1 spiro atoms. The first-order chi connectivity index (χ1) is 14.7. The van der Waals surface area contributed by atoms with Gasteiger partial charge in [0, 0.05) is 11.3 Å². The van der Waals surface area contributed by atoms with Crippen molar-refractivity contribution < 1.29 is 13.9 Å². The standard InChI is InChI=1S/C19H12Cl2FN5O4/c20-9-5-8(27-18(30)26(23)13(28)7-24-27)6-10(21)16(9)31-12-2-1-11-14(15(12)22)19(3-4-19)17(29)25-11/h1-2,5-7H,3-4,23H2,(H,25,29). The largest absolute Gasteiger partial charge is 0.451 e. The van der Waals surface area contributed by atoms with E-state index in [9.17, 15) is 14.4 Å². The normalized spacial score (nSPS) is 15.6. The molecule has 0 radical (unpaired) electrons. The average Bonchev–Trinajstić information content (AvgIpc) is 3.46. The lowest BCUT2D eigenvalue weighted by molar-refractivity contribution is -0.117. The molecule has 1 saturated carbocycles. The highest BCUT2D eigenvalue weighted by molar-refractivity contribution is 6.37. The lowest BCUT2D eigenvalue weighted by Crippen LogP contribution is -2.44. The van der Waals surface area contributed by atoms with Crippen molar-refractivity contribution >= 4 is 34.8 Å². The highest BCUT2D eigenvalue weighted by Gasteiger charge is 2.58. The molecule has 31 heavy (non-hydrogen) atoms. The molecule has 1 aliphatic heterocycles. The fraction of sp³-hybridized carbons (Fsp3) is 0.158. The number of aromatic nitrogens is 3. The lowest BCUT2D eigenvalue weighted by atomic mass is 9.97. The van der Waals surface area contributed by atoms with Crippen LogP contribution in [0.1, 0.15) is 18.4 Å². The molecular formula is C19H12Cl2FN5O4. The van der Waals surface area contributed by atoms with Gasteiger partial charge in [-0.2, -0.15) is 14.5 Å². The quantitative estimate of drug-likeness (QED) is 0.574. The second kappa shape index (κ2) is 6.56. The molecule has 12 heteroatoms. The van der Waals surface area contributed by atoms with Gasteiger partial charge in [-0.3, -0.25) is 9.59 Å². The number of benzene rings is 2. The Kier molecular flexibility index (Phi) is 4.15. The third kappa shape index (κ3) is 2.82. The Hall–Kier alpha value is -3.37. The smallest absolute Gasteiger partial charge is 0.370 e. The van der Waals surface area contributed by atoms with Crippen LogP contribution in [-0.4, -0.2) is 20.4 Å². The van der Waals surface area contributed by atoms with Crippen LogP contribution >= 0.6 is 23.2 Å². The fourth-order valence-electron chi connectivity index (χ4n) is 3.63.